The molecule has 0 aliphatic carbocycles. The SMILES string of the molecule is CSc1ccc(F)cc1CNC(=O)C1(n2cccn2)CCNCC1.Cl. The van der Waals surface area contributed by atoms with Crippen LogP contribution in [-0.4, -0.2) is 35.0 Å². The maximum absolute atomic E-state index is 13.5. The van der Waals surface area contributed by atoms with E-state index in [0.29, 0.717) is 19.4 Å². The van der Waals surface area contributed by atoms with E-state index in [4.69, 9.17) is 0 Å². The van der Waals surface area contributed by atoms with Crippen molar-refractivity contribution in [3.63, 3.8) is 0 Å². The summed E-state index contributed by atoms with van der Waals surface area (Å²) in [5.41, 5.74) is 0.113. The normalized spacial score (nSPS) is 16.1. The topological polar surface area (TPSA) is 59.0 Å². The van der Waals surface area contributed by atoms with Gasteiger partial charge in [-0.1, -0.05) is 0 Å². The van der Waals surface area contributed by atoms with Crippen LogP contribution in [0.1, 0.15) is 18.4 Å². The lowest BCUT2D eigenvalue weighted by Crippen LogP contribution is -2.54. The van der Waals surface area contributed by atoms with Gasteiger partial charge < -0.3 is 10.6 Å². The van der Waals surface area contributed by atoms with E-state index >= 15 is 0 Å². The van der Waals surface area contributed by atoms with E-state index < -0.39 is 5.54 Å². The lowest BCUT2D eigenvalue weighted by molar-refractivity contribution is -0.132. The van der Waals surface area contributed by atoms with Crippen LogP contribution in [0.15, 0.2) is 41.6 Å². The Bertz CT molecular complexity index is 705. The van der Waals surface area contributed by atoms with Crippen LogP contribution >= 0.6 is 24.2 Å². The second-order valence-corrected chi connectivity index (χ2v) is 6.72. The maximum Gasteiger partial charge on any atom is 0.248 e. The van der Waals surface area contributed by atoms with E-state index in [2.05, 4.69) is 15.7 Å². The van der Waals surface area contributed by atoms with Gasteiger partial charge in [0.1, 0.15) is 11.4 Å². The molecule has 1 aliphatic heterocycles. The van der Waals surface area contributed by atoms with E-state index in [0.717, 1.165) is 23.5 Å². The number of piperidine rings is 1. The molecule has 0 radical (unpaired) electrons. The van der Waals surface area contributed by atoms with Gasteiger partial charge in [0.25, 0.3) is 0 Å². The van der Waals surface area contributed by atoms with Gasteiger partial charge in [0.2, 0.25) is 5.91 Å². The first-order valence-electron chi connectivity index (χ1n) is 7.97. The fraction of sp³-hybridized carbons (Fsp3) is 0.412. The molecule has 5 nitrogen and oxygen atoms in total. The van der Waals surface area contributed by atoms with Crippen molar-refractivity contribution in [2.45, 2.75) is 29.8 Å². The molecule has 8 heteroatoms. The summed E-state index contributed by atoms with van der Waals surface area (Å²) in [5, 5.41) is 10.6. The molecule has 0 spiro atoms. The number of nitrogens with one attached hydrogen (secondary N) is 2. The van der Waals surface area contributed by atoms with Gasteiger partial charge >= 0.3 is 0 Å². The highest BCUT2D eigenvalue weighted by Crippen LogP contribution is 2.28. The zero-order valence-corrected chi connectivity index (χ0v) is 15.6. The first-order valence-corrected chi connectivity index (χ1v) is 9.20. The number of carbonyl (C=O) groups is 1. The molecule has 1 aromatic heterocycles. The van der Waals surface area contributed by atoms with Gasteiger partial charge in [-0.3, -0.25) is 9.48 Å². The number of benzene rings is 1. The molecule has 2 N–H and O–H groups in total. The van der Waals surface area contributed by atoms with Crippen molar-refractivity contribution >= 4 is 30.1 Å². The van der Waals surface area contributed by atoms with E-state index in [-0.39, 0.29) is 24.1 Å². The minimum absolute atomic E-state index is 0. The number of hydrogen-bond donors (Lipinski definition) is 2. The molecule has 0 unspecified atom stereocenters. The monoisotopic (exact) mass is 384 g/mol. The number of rotatable bonds is 5. The molecule has 0 atom stereocenters. The van der Waals surface area contributed by atoms with Gasteiger partial charge in [-0.25, -0.2) is 4.39 Å². The van der Waals surface area contributed by atoms with E-state index in [1.807, 2.05) is 18.5 Å². The highest BCUT2D eigenvalue weighted by Gasteiger charge is 2.41. The Balaban J connectivity index is 0.00000225. The van der Waals surface area contributed by atoms with Gasteiger partial charge in [0, 0.05) is 23.8 Å². The summed E-state index contributed by atoms with van der Waals surface area (Å²) < 4.78 is 15.3. The lowest BCUT2D eigenvalue weighted by atomic mass is 9.87. The van der Waals surface area contributed by atoms with Crippen molar-refractivity contribution in [3.8, 4) is 0 Å². The fourth-order valence-corrected chi connectivity index (χ4v) is 3.75. The van der Waals surface area contributed by atoms with Crippen LogP contribution in [0.2, 0.25) is 0 Å². The van der Waals surface area contributed by atoms with Crippen LogP contribution in [0.3, 0.4) is 0 Å². The molecule has 136 valence electrons. The Morgan fingerprint density at radius 2 is 2.20 bits per heavy atom. The van der Waals surface area contributed by atoms with Crippen LogP contribution in [0.5, 0.6) is 0 Å². The van der Waals surface area contributed by atoms with E-state index in [9.17, 15) is 9.18 Å². The number of thioether (sulfide) groups is 1. The minimum atomic E-state index is -0.679. The molecular weight excluding hydrogens is 363 g/mol. The van der Waals surface area contributed by atoms with E-state index in [1.54, 1.807) is 28.7 Å². The zero-order valence-electron chi connectivity index (χ0n) is 14.0. The molecule has 1 saturated heterocycles. The van der Waals surface area contributed by atoms with Crippen LogP contribution in [0.25, 0.3) is 0 Å². The molecule has 1 aromatic carbocycles. The highest BCUT2D eigenvalue weighted by atomic mass is 35.5. The largest absolute Gasteiger partial charge is 0.350 e. The standard InChI is InChI=1S/C17H21FN4OS.ClH/c1-24-15-4-3-14(18)11-13(15)12-20-16(23)17(5-8-19-9-6-17)22-10-2-7-21-22;/h2-4,7,10-11,19H,5-6,8-9,12H2,1H3,(H,20,23);1H. The minimum Gasteiger partial charge on any atom is -0.350 e. The average Bonchev–Trinajstić information content (AvgIpc) is 3.15. The van der Waals surface area contributed by atoms with Gasteiger partial charge in [0.05, 0.1) is 0 Å². The molecule has 1 amide bonds. The number of carbonyl (C=O) groups excluding carboxylic acids is 1. The summed E-state index contributed by atoms with van der Waals surface area (Å²) >= 11 is 1.54. The summed E-state index contributed by atoms with van der Waals surface area (Å²) in [6.07, 6.45) is 6.82. The number of halogens is 2. The van der Waals surface area contributed by atoms with Crippen LogP contribution in [0.4, 0.5) is 4.39 Å². The Kier molecular flexibility index (Phi) is 6.87. The molecular formula is C17H22ClFN4OS. The van der Waals surface area contributed by atoms with E-state index in [1.165, 1.54) is 12.1 Å². The summed E-state index contributed by atoms with van der Waals surface area (Å²) in [5.74, 6) is -0.357. The van der Waals surface area contributed by atoms with Gasteiger partial charge in [-0.15, -0.1) is 24.2 Å². The fourth-order valence-electron chi connectivity index (χ4n) is 3.15. The highest BCUT2D eigenvalue weighted by molar-refractivity contribution is 7.98. The molecule has 1 aliphatic rings. The smallest absolute Gasteiger partial charge is 0.248 e. The second kappa shape index (κ2) is 8.69. The second-order valence-electron chi connectivity index (χ2n) is 5.87. The molecule has 25 heavy (non-hydrogen) atoms. The number of amides is 1. The third-order valence-electron chi connectivity index (χ3n) is 4.48. The molecule has 0 bridgehead atoms. The van der Waals surface area contributed by atoms with Crippen LogP contribution < -0.4 is 10.6 Å². The summed E-state index contributed by atoms with van der Waals surface area (Å²) in [6.45, 7) is 1.84. The molecule has 0 saturated carbocycles. The third-order valence-corrected chi connectivity index (χ3v) is 5.32. The summed E-state index contributed by atoms with van der Waals surface area (Å²) in [4.78, 5) is 13.9. The zero-order chi connectivity index (χ0) is 17.0. The maximum atomic E-state index is 13.5. The molecule has 3 rings (SSSR count). The molecule has 2 aromatic rings. The van der Waals surface area contributed by atoms with Crippen molar-refractivity contribution in [1.29, 1.82) is 0 Å². The van der Waals surface area contributed by atoms with Crippen molar-refractivity contribution in [1.82, 2.24) is 20.4 Å². The van der Waals surface area contributed by atoms with Crippen molar-refractivity contribution in [3.05, 3.63) is 48.0 Å². The number of hydrogen-bond acceptors (Lipinski definition) is 4. The summed E-state index contributed by atoms with van der Waals surface area (Å²) in [6, 6.07) is 6.50. The lowest BCUT2D eigenvalue weighted by Gasteiger charge is -2.36. The van der Waals surface area contributed by atoms with Gasteiger partial charge in [0.15, 0.2) is 0 Å². The molecule has 1 fully saturated rings. The van der Waals surface area contributed by atoms with Crippen molar-refractivity contribution in [2.24, 2.45) is 0 Å². The third kappa shape index (κ3) is 4.16. The Morgan fingerprint density at radius 3 is 2.84 bits per heavy atom. The Hall–Kier alpha value is -1.57. The first kappa shape index (κ1) is 19.8. The predicted octanol–water partition coefficient (Wildman–Crippen LogP) is 2.56. The average molecular weight is 385 g/mol. The predicted molar refractivity (Wildman–Crippen MR) is 99.6 cm³/mol. The summed E-state index contributed by atoms with van der Waals surface area (Å²) in [7, 11) is 0. The van der Waals surface area contributed by atoms with Crippen LogP contribution in [0, 0.1) is 5.82 Å². The van der Waals surface area contributed by atoms with Gasteiger partial charge in [-0.2, -0.15) is 5.10 Å². The van der Waals surface area contributed by atoms with Gasteiger partial charge in [-0.05, 0) is 62.0 Å². The quantitative estimate of drug-likeness (QED) is 0.778. The van der Waals surface area contributed by atoms with Crippen molar-refractivity contribution in [2.75, 3.05) is 19.3 Å². The molecule has 2 heterocycles. The number of nitrogens with zero attached hydrogens (tertiary/aromatic N) is 2. The number of aromatic nitrogens is 2. The first-order chi connectivity index (χ1) is 11.7. The Labute approximate surface area is 157 Å². The van der Waals surface area contributed by atoms with Crippen molar-refractivity contribution < 1.29 is 9.18 Å². The van der Waals surface area contributed by atoms with Crippen LogP contribution in [-0.2, 0) is 16.9 Å². The Morgan fingerprint density at radius 1 is 1.44 bits per heavy atom.